The van der Waals surface area contributed by atoms with Crippen molar-refractivity contribution in [3.05, 3.63) is 29.1 Å². The van der Waals surface area contributed by atoms with Crippen molar-refractivity contribution in [2.24, 2.45) is 11.8 Å². The Hall–Kier alpha value is -1.75. The summed E-state index contributed by atoms with van der Waals surface area (Å²) >= 11 is 5.96. The van der Waals surface area contributed by atoms with Crippen LogP contribution in [0, 0.1) is 17.2 Å². The van der Waals surface area contributed by atoms with Crippen molar-refractivity contribution in [2.45, 2.75) is 31.7 Å². The van der Waals surface area contributed by atoms with Gasteiger partial charge in [0.1, 0.15) is 11.5 Å². The third-order valence-electron chi connectivity index (χ3n) is 5.13. The predicted molar refractivity (Wildman–Crippen MR) is 93.4 cm³/mol. The van der Waals surface area contributed by atoms with Gasteiger partial charge in [-0.3, -0.25) is 4.79 Å². The van der Waals surface area contributed by atoms with Gasteiger partial charge in [0.25, 0.3) is 5.91 Å². The van der Waals surface area contributed by atoms with Crippen LogP contribution in [0.25, 0.3) is 0 Å². The van der Waals surface area contributed by atoms with Crippen molar-refractivity contribution in [1.29, 1.82) is 5.41 Å². The molecule has 5 nitrogen and oxygen atoms in total. The maximum absolute atomic E-state index is 12.6. The summed E-state index contributed by atoms with van der Waals surface area (Å²) in [5, 5.41) is 11.0. The molecule has 1 aromatic rings. The molecule has 6 heteroatoms. The Morgan fingerprint density at radius 2 is 2.22 bits per heavy atom. The zero-order valence-electron chi connectivity index (χ0n) is 13.6. The maximum atomic E-state index is 12.6. The number of fused-ring (bicyclic) bond motifs is 2. The highest BCUT2D eigenvalue weighted by Crippen LogP contribution is 2.52. The lowest BCUT2D eigenvalue weighted by molar-refractivity contribution is 0.0812. The van der Waals surface area contributed by atoms with Gasteiger partial charge in [0, 0.05) is 31.9 Å². The number of nitrogens with one attached hydrogen (secondary N) is 2. The first kappa shape index (κ1) is 16.1. The van der Waals surface area contributed by atoms with Crippen LogP contribution in [-0.2, 0) is 0 Å². The second-order valence-electron chi connectivity index (χ2n) is 6.82. The Kier molecular flexibility index (Phi) is 4.23. The molecule has 0 unspecified atom stereocenters. The minimum atomic E-state index is -0.0518. The molecule has 0 saturated heterocycles. The lowest BCUT2D eigenvalue weighted by atomic mass is 9.95. The van der Waals surface area contributed by atoms with Crippen LogP contribution >= 0.6 is 11.6 Å². The molecule has 124 valence electrons. The minimum absolute atomic E-state index is 0.0518. The molecule has 2 saturated carbocycles. The summed E-state index contributed by atoms with van der Waals surface area (Å²) in [6.45, 7) is 3.70. The van der Waals surface area contributed by atoms with E-state index in [0.717, 1.165) is 12.3 Å². The summed E-state index contributed by atoms with van der Waals surface area (Å²) in [5.74, 6) is 2.01. The molecule has 2 bridgehead atoms. The average molecular weight is 335 g/mol. The molecule has 0 aromatic carbocycles. The van der Waals surface area contributed by atoms with E-state index in [1.165, 1.54) is 25.5 Å². The van der Waals surface area contributed by atoms with Crippen LogP contribution in [-0.4, -0.2) is 35.7 Å². The molecule has 0 aliphatic heterocycles. The van der Waals surface area contributed by atoms with Gasteiger partial charge >= 0.3 is 0 Å². The van der Waals surface area contributed by atoms with Gasteiger partial charge in [-0.15, -0.1) is 0 Å². The fraction of sp³-hybridized carbons (Fsp3) is 0.529. The highest BCUT2D eigenvalue weighted by molar-refractivity contribution is 6.30. The summed E-state index contributed by atoms with van der Waals surface area (Å²) in [7, 11) is 3.50. The van der Waals surface area contributed by atoms with E-state index in [1.54, 1.807) is 25.1 Å². The number of halogens is 1. The van der Waals surface area contributed by atoms with E-state index in [4.69, 9.17) is 17.0 Å². The van der Waals surface area contributed by atoms with Crippen molar-refractivity contribution in [1.82, 2.24) is 9.47 Å². The monoisotopic (exact) mass is 334 g/mol. The van der Waals surface area contributed by atoms with Crippen LogP contribution in [0.1, 0.15) is 47.8 Å². The maximum Gasteiger partial charge on any atom is 0.270 e. The third kappa shape index (κ3) is 2.78. The van der Waals surface area contributed by atoms with E-state index in [0.29, 0.717) is 34.2 Å². The van der Waals surface area contributed by atoms with Gasteiger partial charge in [-0.2, -0.15) is 0 Å². The molecular weight excluding hydrogens is 312 g/mol. The van der Waals surface area contributed by atoms with Crippen LogP contribution in [0.2, 0.25) is 0 Å². The molecule has 2 aliphatic carbocycles. The molecule has 2 N–H and O–H groups in total. The predicted octanol–water partition coefficient (Wildman–Crippen LogP) is 3.67. The van der Waals surface area contributed by atoms with Crippen LogP contribution in [0.3, 0.4) is 0 Å². The fourth-order valence-corrected chi connectivity index (χ4v) is 4.27. The first-order chi connectivity index (χ1) is 10.9. The van der Waals surface area contributed by atoms with E-state index in [-0.39, 0.29) is 5.91 Å². The largest absolute Gasteiger partial charge is 0.343 e. The Morgan fingerprint density at radius 3 is 2.70 bits per heavy atom. The molecule has 0 radical (unpaired) electrons. The molecule has 1 heterocycles. The summed E-state index contributed by atoms with van der Waals surface area (Å²) in [6.07, 6.45) is 6.10. The summed E-state index contributed by atoms with van der Waals surface area (Å²) in [4.78, 5) is 14.2. The first-order valence-corrected chi connectivity index (χ1v) is 8.39. The highest BCUT2D eigenvalue weighted by atomic mass is 35.5. The van der Waals surface area contributed by atoms with Gasteiger partial charge in [0.15, 0.2) is 0 Å². The average Bonchev–Trinajstić information content (AvgIpc) is 3.18. The molecule has 0 spiro atoms. The van der Waals surface area contributed by atoms with Crippen molar-refractivity contribution in [3.8, 4) is 0 Å². The van der Waals surface area contributed by atoms with Gasteiger partial charge in [0.05, 0.1) is 5.16 Å². The second kappa shape index (κ2) is 6.04. The fourth-order valence-electron chi connectivity index (χ4n) is 4.18. The Balaban J connectivity index is 2.12. The molecule has 3 atom stereocenters. The van der Waals surface area contributed by atoms with Gasteiger partial charge in [0.2, 0.25) is 0 Å². The van der Waals surface area contributed by atoms with E-state index >= 15 is 0 Å². The second-order valence-corrected chi connectivity index (χ2v) is 7.28. The molecule has 23 heavy (non-hydrogen) atoms. The quantitative estimate of drug-likeness (QED) is 0.637. The molecular formula is C17H23ClN4O. The standard InChI is InChI=1S/C17H23ClN4O/c1-10(18)20-16-13(9-19)8-15(17(23)21(2)3)22(16)14-7-11-4-5-12(14)6-11/h8-9,11-12,14,19-20H,1,4-7H2,2-3H3/t11-,12+,14+/m1/s1. The number of hydrogen-bond donors (Lipinski definition) is 2. The molecule has 1 amide bonds. The Bertz CT molecular complexity index is 664. The van der Waals surface area contributed by atoms with Gasteiger partial charge in [-0.25, -0.2) is 0 Å². The number of hydrogen-bond acceptors (Lipinski definition) is 3. The van der Waals surface area contributed by atoms with Gasteiger partial charge < -0.3 is 20.2 Å². The summed E-state index contributed by atoms with van der Waals surface area (Å²) in [6, 6.07) is 2.07. The van der Waals surface area contributed by atoms with Crippen LogP contribution in [0.15, 0.2) is 17.8 Å². The molecule has 3 rings (SSSR count). The zero-order chi connectivity index (χ0) is 16.7. The summed E-state index contributed by atoms with van der Waals surface area (Å²) in [5.41, 5.74) is 1.28. The van der Waals surface area contributed by atoms with E-state index in [2.05, 4.69) is 16.5 Å². The molecule has 1 aromatic heterocycles. The topological polar surface area (TPSA) is 61.1 Å². The SMILES string of the molecule is C=C(Cl)Nc1c(C=N)cc(C(=O)N(C)C)n1[C@H]1C[C@@H]2CC[C@H]1C2. The number of aromatic nitrogens is 1. The van der Waals surface area contributed by atoms with Crippen molar-refractivity contribution in [2.75, 3.05) is 19.4 Å². The Labute approximate surface area is 141 Å². The third-order valence-corrected chi connectivity index (χ3v) is 5.23. The van der Waals surface area contributed by atoms with E-state index in [1.807, 2.05) is 0 Å². The number of nitrogens with zero attached hydrogens (tertiary/aromatic N) is 2. The lowest BCUT2D eigenvalue weighted by Gasteiger charge is -2.28. The zero-order valence-corrected chi connectivity index (χ0v) is 14.4. The Morgan fingerprint density at radius 1 is 1.48 bits per heavy atom. The minimum Gasteiger partial charge on any atom is -0.343 e. The number of amides is 1. The molecule has 2 fully saturated rings. The van der Waals surface area contributed by atoms with E-state index in [9.17, 15) is 4.79 Å². The van der Waals surface area contributed by atoms with E-state index < -0.39 is 0 Å². The van der Waals surface area contributed by atoms with Crippen LogP contribution in [0.5, 0.6) is 0 Å². The van der Waals surface area contributed by atoms with Crippen LogP contribution in [0.4, 0.5) is 5.82 Å². The lowest BCUT2D eigenvalue weighted by Crippen LogP contribution is -2.28. The first-order valence-electron chi connectivity index (χ1n) is 8.01. The number of carbonyl (C=O) groups is 1. The van der Waals surface area contributed by atoms with Gasteiger partial charge in [-0.05, 0) is 37.2 Å². The highest BCUT2D eigenvalue weighted by Gasteiger charge is 2.42. The summed E-state index contributed by atoms with van der Waals surface area (Å²) < 4.78 is 2.07. The number of carbonyl (C=O) groups excluding carboxylic acids is 1. The van der Waals surface area contributed by atoms with Crippen molar-refractivity contribution < 1.29 is 4.79 Å². The van der Waals surface area contributed by atoms with Gasteiger partial charge in [-0.1, -0.05) is 24.6 Å². The van der Waals surface area contributed by atoms with Crippen LogP contribution < -0.4 is 5.32 Å². The number of rotatable bonds is 5. The molecule has 2 aliphatic rings. The smallest absolute Gasteiger partial charge is 0.270 e. The van der Waals surface area contributed by atoms with Crippen molar-refractivity contribution >= 4 is 29.5 Å². The number of anilines is 1. The normalized spacial score (nSPS) is 25.4. The van der Waals surface area contributed by atoms with Crippen molar-refractivity contribution in [3.63, 3.8) is 0 Å².